The molecule has 2 heterocycles. The molecule has 0 bridgehead atoms. The van der Waals surface area contributed by atoms with Crippen molar-refractivity contribution in [2.24, 2.45) is 13.0 Å². The molecule has 0 aliphatic carbocycles. The number of aryl methyl sites for hydroxylation is 1. The zero-order chi connectivity index (χ0) is 12.1. The lowest BCUT2D eigenvalue weighted by molar-refractivity contribution is 0.368. The van der Waals surface area contributed by atoms with Gasteiger partial charge in [-0.3, -0.25) is 4.68 Å². The van der Waals surface area contributed by atoms with Crippen LogP contribution in [0.4, 0.5) is 0 Å². The van der Waals surface area contributed by atoms with Crippen LogP contribution in [0.5, 0.6) is 0 Å². The summed E-state index contributed by atoms with van der Waals surface area (Å²) in [6, 6.07) is 2.58. The lowest BCUT2D eigenvalue weighted by Crippen LogP contribution is -2.25. The van der Waals surface area contributed by atoms with Gasteiger partial charge in [0.15, 0.2) is 0 Å². The van der Waals surface area contributed by atoms with Gasteiger partial charge in [0, 0.05) is 13.2 Å². The minimum Gasteiger partial charge on any atom is -0.309 e. The van der Waals surface area contributed by atoms with Crippen LogP contribution in [0.2, 0.25) is 0 Å². The number of nitrogens with zero attached hydrogens (tertiary/aromatic N) is 2. The number of hydrogen-bond acceptors (Lipinski definition) is 3. The third-order valence-corrected chi connectivity index (χ3v) is 4.50. The maximum absolute atomic E-state index is 4.54. The molecule has 1 atom stereocenters. The Kier molecular flexibility index (Phi) is 4.92. The summed E-state index contributed by atoms with van der Waals surface area (Å²) in [7, 11) is 1.99. The molecule has 3 nitrogen and oxygen atoms in total. The van der Waals surface area contributed by atoms with E-state index in [1.165, 1.54) is 36.5 Å². The summed E-state index contributed by atoms with van der Waals surface area (Å²) in [5.74, 6) is 3.56. The second-order valence-electron chi connectivity index (χ2n) is 4.82. The van der Waals surface area contributed by atoms with E-state index in [1.54, 1.807) is 0 Å². The lowest BCUT2D eigenvalue weighted by Gasteiger charge is -2.26. The van der Waals surface area contributed by atoms with Gasteiger partial charge in [0.05, 0.1) is 11.7 Å². The number of thioether (sulfide) groups is 1. The lowest BCUT2D eigenvalue weighted by atomic mass is 9.93. The molecule has 0 aromatic carbocycles. The third kappa shape index (κ3) is 3.75. The Morgan fingerprint density at radius 1 is 1.53 bits per heavy atom. The molecule has 1 unspecified atom stereocenters. The van der Waals surface area contributed by atoms with Crippen LogP contribution in [-0.2, 0) is 7.05 Å². The summed E-state index contributed by atoms with van der Waals surface area (Å²) >= 11 is 2.10. The SMILES string of the molecule is CCNC(CC1CCSCC1)c1ccn(C)n1. The molecule has 1 fully saturated rings. The van der Waals surface area contributed by atoms with Gasteiger partial charge in [-0.05, 0) is 49.3 Å². The molecule has 1 saturated heterocycles. The van der Waals surface area contributed by atoms with Crippen molar-refractivity contribution in [3.05, 3.63) is 18.0 Å². The van der Waals surface area contributed by atoms with E-state index in [1.807, 2.05) is 17.9 Å². The van der Waals surface area contributed by atoms with E-state index in [-0.39, 0.29) is 0 Å². The zero-order valence-corrected chi connectivity index (χ0v) is 11.7. The topological polar surface area (TPSA) is 29.9 Å². The Morgan fingerprint density at radius 3 is 2.88 bits per heavy atom. The van der Waals surface area contributed by atoms with Crippen molar-refractivity contribution in [3.8, 4) is 0 Å². The molecule has 0 radical (unpaired) electrons. The van der Waals surface area contributed by atoms with Crippen LogP contribution in [-0.4, -0.2) is 27.8 Å². The normalized spacial score (nSPS) is 19.4. The molecule has 1 aliphatic heterocycles. The van der Waals surface area contributed by atoms with E-state index < -0.39 is 0 Å². The fourth-order valence-corrected chi connectivity index (χ4v) is 3.69. The predicted octanol–water partition coefficient (Wildman–Crippen LogP) is 2.60. The second kappa shape index (κ2) is 6.45. The van der Waals surface area contributed by atoms with Gasteiger partial charge in [-0.25, -0.2) is 0 Å². The third-order valence-electron chi connectivity index (χ3n) is 3.45. The second-order valence-corrected chi connectivity index (χ2v) is 6.04. The fraction of sp³-hybridized carbons (Fsp3) is 0.769. The summed E-state index contributed by atoms with van der Waals surface area (Å²) in [4.78, 5) is 0. The maximum Gasteiger partial charge on any atom is 0.0793 e. The van der Waals surface area contributed by atoms with Crippen molar-refractivity contribution in [1.82, 2.24) is 15.1 Å². The number of rotatable bonds is 5. The highest BCUT2D eigenvalue weighted by atomic mass is 32.2. The highest BCUT2D eigenvalue weighted by Crippen LogP contribution is 2.30. The fourth-order valence-electron chi connectivity index (χ4n) is 2.49. The Bertz CT molecular complexity index is 331. The van der Waals surface area contributed by atoms with Crippen molar-refractivity contribution in [1.29, 1.82) is 0 Å². The van der Waals surface area contributed by atoms with Crippen LogP contribution in [0.1, 0.15) is 37.9 Å². The molecule has 17 heavy (non-hydrogen) atoms. The van der Waals surface area contributed by atoms with Crippen LogP contribution in [0, 0.1) is 5.92 Å². The van der Waals surface area contributed by atoms with Crippen molar-refractivity contribution < 1.29 is 0 Å². The Labute approximate surface area is 108 Å². The summed E-state index contributed by atoms with van der Waals surface area (Å²) in [5.41, 5.74) is 1.20. The standard InChI is InChI=1S/C13H23N3S/c1-3-14-13(12-4-7-16(2)15-12)10-11-5-8-17-9-6-11/h4,7,11,13-14H,3,5-6,8-10H2,1-2H3. The first-order valence-corrected chi connectivity index (χ1v) is 7.75. The van der Waals surface area contributed by atoms with Crippen LogP contribution in [0.15, 0.2) is 12.3 Å². The molecule has 0 saturated carbocycles. The van der Waals surface area contributed by atoms with Crippen LogP contribution in [0.25, 0.3) is 0 Å². The van der Waals surface area contributed by atoms with Crippen molar-refractivity contribution >= 4 is 11.8 Å². The van der Waals surface area contributed by atoms with Crippen LogP contribution < -0.4 is 5.32 Å². The van der Waals surface area contributed by atoms with E-state index in [0.717, 1.165) is 12.5 Å². The average molecular weight is 253 g/mol. The largest absolute Gasteiger partial charge is 0.309 e. The van der Waals surface area contributed by atoms with Gasteiger partial charge in [0.25, 0.3) is 0 Å². The maximum atomic E-state index is 4.54. The first-order valence-electron chi connectivity index (χ1n) is 6.60. The summed E-state index contributed by atoms with van der Waals surface area (Å²) < 4.78 is 1.90. The molecule has 1 aromatic rings. The van der Waals surface area contributed by atoms with Gasteiger partial charge in [0.2, 0.25) is 0 Å². The van der Waals surface area contributed by atoms with Crippen LogP contribution >= 0.6 is 11.8 Å². The Hall–Kier alpha value is -0.480. The van der Waals surface area contributed by atoms with Gasteiger partial charge in [0.1, 0.15) is 0 Å². The number of hydrogen-bond donors (Lipinski definition) is 1. The minimum atomic E-state index is 0.439. The van der Waals surface area contributed by atoms with E-state index in [4.69, 9.17) is 0 Å². The highest BCUT2D eigenvalue weighted by Gasteiger charge is 2.21. The molecule has 96 valence electrons. The first kappa shape index (κ1) is 13.0. The summed E-state index contributed by atoms with van der Waals surface area (Å²) in [5, 5.41) is 8.12. The van der Waals surface area contributed by atoms with Gasteiger partial charge >= 0.3 is 0 Å². The number of nitrogens with one attached hydrogen (secondary N) is 1. The van der Waals surface area contributed by atoms with Crippen LogP contribution in [0.3, 0.4) is 0 Å². The average Bonchev–Trinajstić information content (AvgIpc) is 2.77. The predicted molar refractivity (Wildman–Crippen MR) is 74.3 cm³/mol. The summed E-state index contributed by atoms with van der Waals surface area (Å²) in [6.07, 6.45) is 6.03. The molecule has 1 aliphatic rings. The molecular weight excluding hydrogens is 230 g/mol. The van der Waals surface area contributed by atoms with Crippen molar-refractivity contribution in [2.45, 2.75) is 32.2 Å². The van der Waals surface area contributed by atoms with Gasteiger partial charge in [-0.15, -0.1) is 0 Å². The molecule has 1 aromatic heterocycles. The Balaban J connectivity index is 1.96. The van der Waals surface area contributed by atoms with Crippen molar-refractivity contribution in [2.75, 3.05) is 18.1 Å². The first-order chi connectivity index (χ1) is 8.29. The van der Waals surface area contributed by atoms with Crippen molar-refractivity contribution in [3.63, 3.8) is 0 Å². The summed E-state index contributed by atoms with van der Waals surface area (Å²) in [6.45, 7) is 3.19. The molecule has 0 amide bonds. The molecule has 2 rings (SSSR count). The highest BCUT2D eigenvalue weighted by molar-refractivity contribution is 7.99. The van der Waals surface area contributed by atoms with E-state index in [0.29, 0.717) is 6.04 Å². The molecule has 1 N–H and O–H groups in total. The van der Waals surface area contributed by atoms with E-state index in [9.17, 15) is 0 Å². The number of aromatic nitrogens is 2. The zero-order valence-electron chi connectivity index (χ0n) is 10.9. The van der Waals surface area contributed by atoms with Gasteiger partial charge < -0.3 is 5.32 Å². The minimum absolute atomic E-state index is 0.439. The molecule has 4 heteroatoms. The smallest absolute Gasteiger partial charge is 0.0793 e. The van der Waals surface area contributed by atoms with Gasteiger partial charge in [-0.1, -0.05) is 6.92 Å². The monoisotopic (exact) mass is 253 g/mol. The van der Waals surface area contributed by atoms with E-state index >= 15 is 0 Å². The quantitative estimate of drug-likeness (QED) is 0.875. The van der Waals surface area contributed by atoms with E-state index in [2.05, 4.69) is 35.2 Å². The van der Waals surface area contributed by atoms with Gasteiger partial charge in [-0.2, -0.15) is 16.9 Å². The Morgan fingerprint density at radius 2 is 2.29 bits per heavy atom. The molecule has 0 spiro atoms. The molecular formula is C13H23N3S.